The number of aliphatic carboxylic acids is 1. The zero-order valence-corrected chi connectivity index (χ0v) is 26.1. The smallest absolute Gasteiger partial charge is 0.306 e. The Bertz CT molecular complexity index is 1710. The Balaban J connectivity index is 1.47. The maximum atomic E-state index is 15.6. The standard InChI is InChI=1S/C31H32FNO8S2/c1-15(17(3)34)9-21(35)27-11-19-25(42-27)13-23(39-4)18(29(19)32)7-6-8-41-30-24(40-5)14-26-20(33-30)12-28(43-26)22(36)10-16(2)31(37)38/h11-16H,6-10H2,1-5H3,(H,37,38)/t15-,16-/m0/s1. The first-order valence-electron chi connectivity index (χ1n) is 13.6. The van der Waals surface area contributed by atoms with Gasteiger partial charge in [0, 0.05) is 40.5 Å². The van der Waals surface area contributed by atoms with Crippen LogP contribution < -0.4 is 14.2 Å². The van der Waals surface area contributed by atoms with Crippen molar-refractivity contribution >= 4 is 66.3 Å². The number of halogens is 1. The van der Waals surface area contributed by atoms with Gasteiger partial charge in [0.2, 0.25) is 0 Å². The summed E-state index contributed by atoms with van der Waals surface area (Å²) < 4.78 is 33.7. The summed E-state index contributed by atoms with van der Waals surface area (Å²) in [6.07, 6.45) is 0.654. The van der Waals surface area contributed by atoms with Gasteiger partial charge in [-0.2, -0.15) is 0 Å². The Labute approximate surface area is 255 Å². The second-order valence-electron chi connectivity index (χ2n) is 10.3. The number of carboxylic acid groups (broad SMARTS) is 1. The van der Waals surface area contributed by atoms with Gasteiger partial charge in [0.25, 0.3) is 5.88 Å². The number of hydrogen-bond donors (Lipinski definition) is 1. The lowest BCUT2D eigenvalue weighted by Gasteiger charge is -2.12. The first kappa shape index (κ1) is 32.0. The van der Waals surface area contributed by atoms with Crippen molar-refractivity contribution in [3.8, 4) is 17.4 Å². The molecule has 3 aromatic heterocycles. The fraction of sp³-hybridized carbons (Fsp3) is 0.387. The summed E-state index contributed by atoms with van der Waals surface area (Å²) in [6, 6.07) is 6.58. The van der Waals surface area contributed by atoms with E-state index in [9.17, 15) is 19.2 Å². The Morgan fingerprint density at radius 3 is 2.14 bits per heavy atom. The van der Waals surface area contributed by atoms with Crippen LogP contribution in [0.25, 0.3) is 20.3 Å². The monoisotopic (exact) mass is 629 g/mol. The van der Waals surface area contributed by atoms with E-state index in [-0.39, 0.29) is 49.1 Å². The summed E-state index contributed by atoms with van der Waals surface area (Å²) in [5.74, 6) is -2.30. The molecule has 43 heavy (non-hydrogen) atoms. The lowest BCUT2D eigenvalue weighted by molar-refractivity contribution is -0.141. The number of hydrogen-bond acceptors (Lipinski definition) is 10. The number of carbonyl (C=O) groups is 4. The van der Waals surface area contributed by atoms with Gasteiger partial charge in [-0.3, -0.25) is 19.2 Å². The van der Waals surface area contributed by atoms with Crippen molar-refractivity contribution in [1.82, 2.24) is 4.98 Å². The van der Waals surface area contributed by atoms with Gasteiger partial charge in [-0.25, -0.2) is 9.37 Å². The van der Waals surface area contributed by atoms with Crippen molar-refractivity contribution in [3.63, 3.8) is 0 Å². The molecule has 0 aliphatic heterocycles. The highest BCUT2D eigenvalue weighted by Crippen LogP contribution is 2.37. The van der Waals surface area contributed by atoms with Gasteiger partial charge in [-0.15, -0.1) is 22.7 Å². The number of aromatic nitrogens is 1. The number of carboxylic acids is 1. The van der Waals surface area contributed by atoms with Gasteiger partial charge in [0.1, 0.15) is 17.3 Å². The third kappa shape index (κ3) is 7.19. The van der Waals surface area contributed by atoms with E-state index >= 15 is 4.39 Å². The number of thiophene rings is 2. The van der Waals surface area contributed by atoms with Crippen molar-refractivity contribution in [2.75, 3.05) is 20.8 Å². The van der Waals surface area contributed by atoms with Crippen LogP contribution in [0, 0.1) is 17.7 Å². The summed E-state index contributed by atoms with van der Waals surface area (Å²) in [4.78, 5) is 53.3. The lowest BCUT2D eigenvalue weighted by Crippen LogP contribution is -2.13. The molecule has 3 heterocycles. The number of ether oxygens (including phenoxy) is 3. The van der Waals surface area contributed by atoms with Gasteiger partial charge in [0.15, 0.2) is 17.3 Å². The second-order valence-corrected chi connectivity index (χ2v) is 12.5. The predicted molar refractivity (Wildman–Crippen MR) is 163 cm³/mol. The Kier molecular flexibility index (Phi) is 10.1. The summed E-state index contributed by atoms with van der Waals surface area (Å²) in [7, 11) is 2.93. The number of pyridine rings is 1. The number of rotatable bonds is 15. The number of fused-ring (bicyclic) bond motifs is 2. The van der Waals surface area contributed by atoms with Crippen molar-refractivity contribution < 1.29 is 42.9 Å². The summed E-state index contributed by atoms with van der Waals surface area (Å²) in [6.45, 7) is 4.81. The topological polar surface area (TPSA) is 129 Å². The molecule has 1 N–H and O–H groups in total. The number of benzene rings is 1. The van der Waals surface area contributed by atoms with E-state index in [1.165, 1.54) is 56.8 Å². The molecule has 0 unspecified atom stereocenters. The third-order valence-corrected chi connectivity index (χ3v) is 9.39. The maximum absolute atomic E-state index is 15.6. The Morgan fingerprint density at radius 2 is 1.51 bits per heavy atom. The normalized spacial score (nSPS) is 12.7. The maximum Gasteiger partial charge on any atom is 0.306 e. The first-order chi connectivity index (χ1) is 20.4. The van der Waals surface area contributed by atoms with E-state index in [1.807, 2.05) is 0 Å². The molecule has 9 nitrogen and oxygen atoms in total. The van der Waals surface area contributed by atoms with Gasteiger partial charge < -0.3 is 19.3 Å². The fourth-order valence-corrected chi connectivity index (χ4v) is 6.45. The summed E-state index contributed by atoms with van der Waals surface area (Å²) in [5.41, 5.74) is 0.880. The van der Waals surface area contributed by atoms with Crippen LogP contribution in [0.15, 0.2) is 24.3 Å². The summed E-state index contributed by atoms with van der Waals surface area (Å²) in [5, 5.41) is 9.44. The molecule has 0 radical (unpaired) electrons. The molecule has 4 rings (SSSR count). The number of methoxy groups -OCH3 is 2. The highest BCUT2D eigenvalue weighted by atomic mass is 32.1. The van der Waals surface area contributed by atoms with Crippen LogP contribution in [0.2, 0.25) is 0 Å². The minimum atomic E-state index is -1.03. The molecule has 0 fully saturated rings. The molecule has 1 aromatic carbocycles. The predicted octanol–water partition coefficient (Wildman–Crippen LogP) is 6.77. The third-order valence-electron chi connectivity index (χ3n) is 7.16. The molecular weight excluding hydrogens is 597 g/mol. The van der Waals surface area contributed by atoms with E-state index < -0.39 is 23.6 Å². The highest BCUT2D eigenvalue weighted by molar-refractivity contribution is 7.21. The SMILES string of the molecule is COc1cc2sc(C(=O)C[C@H](C)C(=O)O)cc2nc1OCCCc1c(OC)cc2sc(C(=O)C[C@H](C)C(C)=O)cc2c1F. The van der Waals surface area contributed by atoms with E-state index in [0.717, 1.165) is 0 Å². The highest BCUT2D eigenvalue weighted by Gasteiger charge is 2.22. The van der Waals surface area contributed by atoms with Crippen molar-refractivity contribution in [3.05, 3.63) is 45.4 Å². The van der Waals surface area contributed by atoms with Crippen molar-refractivity contribution in [2.45, 2.75) is 46.5 Å². The number of nitrogens with zero attached hydrogens (tertiary/aromatic N) is 1. The van der Waals surface area contributed by atoms with Crippen molar-refractivity contribution in [2.24, 2.45) is 11.8 Å². The molecule has 0 spiro atoms. The molecule has 0 saturated heterocycles. The minimum absolute atomic E-state index is 0.0708. The molecule has 12 heteroatoms. The number of Topliss-reactive ketones (excluding diaryl/α,β-unsaturated/α-hetero) is 3. The zero-order valence-electron chi connectivity index (χ0n) is 24.4. The van der Waals surface area contributed by atoms with Crippen LogP contribution >= 0.6 is 22.7 Å². The van der Waals surface area contributed by atoms with E-state index in [4.69, 9.17) is 19.3 Å². The largest absolute Gasteiger partial charge is 0.496 e. The fourth-order valence-electron chi connectivity index (χ4n) is 4.44. The van der Waals surface area contributed by atoms with Crippen LogP contribution in [0.3, 0.4) is 0 Å². The molecular formula is C31H32FNO8S2. The average molecular weight is 630 g/mol. The molecule has 0 saturated carbocycles. The molecule has 0 aliphatic carbocycles. The molecule has 0 amide bonds. The quantitative estimate of drug-likeness (QED) is 0.112. The minimum Gasteiger partial charge on any atom is -0.496 e. The van der Waals surface area contributed by atoms with E-state index in [0.29, 0.717) is 53.5 Å². The van der Waals surface area contributed by atoms with E-state index in [2.05, 4.69) is 4.98 Å². The van der Waals surface area contributed by atoms with Crippen LogP contribution in [0.5, 0.6) is 17.4 Å². The summed E-state index contributed by atoms with van der Waals surface area (Å²) >= 11 is 2.38. The molecule has 2 atom stereocenters. The average Bonchev–Trinajstić information content (AvgIpc) is 3.59. The van der Waals surface area contributed by atoms with Crippen LogP contribution in [-0.4, -0.2) is 54.2 Å². The van der Waals surface area contributed by atoms with Crippen LogP contribution in [0.1, 0.15) is 64.9 Å². The molecule has 228 valence electrons. The Hall–Kier alpha value is -3.90. The van der Waals surface area contributed by atoms with Crippen LogP contribution in [0.4, 0.5) is 4.39 Å². The van der Waals surface area contributed by atoms with Crippen LogP contribution in [-0.2, 0) is 16.0 Å². The zero-order chi connectivity index (χ0) is 31.4. The number of ketones is 3. The van der Waals surface area contributed by atoms with Gasteiger partial charge in [-0.05, 0) is 38.0 Å². The molecule has 4 aromatic rings. The second kappa shape index (κ2) is 13.6. The molecule has 0 aliphatic rings. The van der Waals surface area contributed by atoms with Crippen molar-refractivity contribution in [1.29, 1.82) is 0 Å². The van der Waals surface area contributed by atoms with E-state index in [1.54, 1.807) is 25.1 Å². The van der Waals surface area contributed by atoms with Gasteiger partial charge >= 0.3 is 5.97 Å². The van der Waals surface area contributed by atoms with Gasteiger partial charge in [-0.1, -0.05) is 13.8 Å². The lowest BCUT2D eigenvalue weighted by atomic mass is 10.00. The Morgan fingerprint density at radius 1 is 0.907 bits per heavy atom. The molecule has 0 bridgehead atoms. The van der Waals surface area contributed by atoms with Gasteiger partial charge in [0.05, 0.1) is 46.7 Å². The first-order valence-corrected chi connectivity index (χ1v) is 15.3. The number of carbonyl (C=O) groups excluding carboxylic acids is 3.